The van der Waals surface area contributed by atoms with Crippen molar-refractivity contribution in [3.05, 3.63) is 83.9 Å². The molecule has 0 aromatic heterocycles. The molecular weight excluding hydrogens is 431 g/mol. The van der Waals surface area contributed by atoms with Crippen molar-refractivity contribution in [1.29, 1.82) is 0 Å². The molecule has 0 unspecified atom stereocenters. The Balaban J connectivity index is 1.89. The SMILES string of the molecule is O=C(O)CC(=O)NCc1cccc(-c2cc(CCCC(F)(F)F)ccc2-c2ccccc2)c1. The average molecular weight is 455 g/mol. The maximum Gasteiger partial charge on any atom is 0.389 e. The Morgan fingerprint density at radius 1 is 0.818 bits per heavy atom. The summed E-state index contributed by atoms with van der Waals surface area (Å²) in [4.78, 5) is 22.3. The number of carboxylic acids is 1. The van der Waals surface area contributed by atoms with Gasteiger partial charge in [0, 0.05) is 13.0 Å². The number of carboxylic acid groups (broad SMARTS) is 1. The van der Waals surface area contributed by atoms with E-state index in [1.165, 1.54) is 0 Å². The van der Waals surface area contributed by atoms with E-state index in [0.717, 1.165) is 33.4 Å². The van der Waals surface area contributed by atoms with Gasteiger partial charge in [0.1, 0.15) is 6.42 Å². The number of hydrogen-bond donors (Lipinski definition) is 2. The summed E-state index contributed by atoms with van der Waals surface area (Å²) in [7, 11) is 0. The van der Waals surface area contributed by atoms with Crippen LogP contribution in [-0.2, 0) is 22.6 Å². The van der Waals surface area contributed by atoms with Crippen LogP contribution in [-0.4, -0.2) is 23.2 Å². The highest BCUT2D eigenvalue weighted by molar-refractivity contribution is 5.93. The van der Waals surface area contributed by atoms with Crippen LogP contribution in [0.25, 0.3) is 22.3 Å². The predicted molar refractivity (Wildman–Crippen MR) is 120 cm³/mol. The third-order valence-corrected chi connectivity index (χ3v) is 5.13. The fourth-order valence-corrected chi connectivity index (χ4v) is 3.60. The summed E-state index contributed by atoms with van der Waals surface area (Å²) in [6, 6.07) is 22.8. The maximum atomic E-state index is 12.6. The van der Waals surface area contributed by atoms with Crippen molar-refractivity contribution in [1.82, 2.24) is 5.32 Å². The van der Waals surface area contributed by atoms with E-state index in [2.05, 4.69) is 5.32 Å². The Bertz CT molecular complexity index is 1110. The highest BCUT2D eigenvalue weighted by Gasteiger charge is 2.26. The molecule has 0 fully saturated rings. The number of halogens is 3. The fraction of sp³-hybridized carbons (Fsp3) is 0.231. The Hall–Kier alpha value is -3.61. The van der Waals surface area contributed by atoms with Crippen LogP contribution in [0.1, 0.15) is 30.4 Å². The van der Waals surface area contributed by atoms with Crippen LogP contribution in [0.15, 0.2) is 72.8 Å². The van der Waals surface area contributed by atoms with Gasteiger partial charge in [0.15, 0.2) is 0 Å². The van der Waals surface area contributed by atoms with Gasteiger partial charge in [-0.25, -0.2) is 0 Å². The van der Waals surface area contributed by atoms with Gasteiger partial charge in [-0.15, -0.1) is 0 Å². The molecule has 0 saturated carbocycles. The number of carbonyl (C=O) groups is 2. The lowest BCUT2D eigenvalue weighted by Crippen LogP contribution is -2.25. The van der Waals surface area contributed by atoms with Gasteiger partial charge in [0.25, 0.3) is 0 Å². The first-order valence-corrected chi connectivity index (χ1v) is 10.5. The summed E-state index contributed by atoms with van der Waals surface area (Å²) in [6.07, 6.45) is -5.27. The first-order chi connectivity index (χ1) is 15.7. The van der Waals surface area contributed by atoms with E-state index < -0.39 is 30.9 Å². The highest BCUT2D eigenvalue weighted by Crippen LogP contribution is 2.34. The van der Waals surface area contributed by atoms with Crippen molar-refractivity contribution in [3.63, 3.8) is 0 Å². The van der Waals surface area contributed by atoms with Crippen LogP contribution < -0.4 is 5.32 Å². The third-order valence-electron chi connectivity index (χ3n) is 5.13. The minimum Gasteiger partial charge on any atom is -0.481 e. The molecule has 33 heavy (non-hydrogen) atoms. The molecular formula is C26H24F3NO3. The van der Waals surface area contributed by atoms with Gasteiger partial charge in [-0.05, 0) is 52.3 Å². The molecule has 0 aliphatic rings. The zero-order chi connectivity index (χ0) is 23.8. The predicted octanol–water partition coefficient (Wildman–Crippen LogP) is 6.00. The van der Waals surface area contributed by atoms with Gasteiger partial charge in [-0.1, -0.05) is 66.7 Å². The number of aryl methyl sites for hydroxylation is 1. The summed E-state index contributed by atoms with van der Waals surface area (Å²) < 4.78 is 37.7. The fourth-order valence-electron chi connectivity index (χ4n) is 3.60. The van der Waals surface area contributed by atoms with E-state index in [1.54, 1.807) is 0 Å². The van der Waals surface area contributed by atoms with Gasteiger partial charge in [-0.2, -0.15) is 13.2 Å². The molecule has 0 aliphatic carbocycles. The standard InChI is InChI=1S/C26H24F3NO3/c27-26(28,29)13-5-7-18-11-12-22(20-8-2-1-3-9-20)23(15-18)21-10-4-6-19(14-21)17-30-24(31)16-25(32)33/h1-4,6,8-12,14-15H,5,7,13,16-17H2,(H,30,31)(H,32,33). The molecule has 0 radical (unpaired) electrons. The van der Waals surface area contributed by atoms with E-state index >= 15 is 0 Å². The van der Waals surface area contributed by atoms with Gasteiger partial charge in [-0.3, -0.25) is 9.59 Å². The zero-order valence-corrected chi connectivity index (χ0v) is 17.9. The molecule has 0 aliphatic heterocycles. The molecule has 1 amide bonds. The van der Waals surface area contributed by atoms with Crippen LogP contribution in [0, 0.1) is 0 Å². The topological polar surface area (TPSA) is 66.4 Å². The number of rotatable bonds is 9. The van der Waals surface area contributed by atoms with E-state index in [4.69, 9.17) is 5.11 Å². The zero-order valence-electron chi connectivity index (χ0n) is 17.9. The highest BCUT2D eigenvalue weighted by atomic mass is 19.4. The van der Waals surface area contributed by atoms with Crippen LogP contribution >= 0.6 is 0 Å². The summed E-state index contributed by atoms with van der Waals surface area (Å²) >= 11 is 0. The molecule has 0 atom stereocenters. The smallest absolute Gasteiger partial charge is 0.389 e. The Morgan fingerprint density at radius 2 is 1.55 bits per heavy atom. The minimum absolute atomic E-state index is 0.0171. The third kappa shape index (κ3) is 7.49. The number of benzene rings is 3. The first-order valence-electron chi connectivity index (χ1n) is 10.5. The van der Waals surface area contributed by atoms with E-state index in [0.29, 0.717) is 6.42 Å². The Kier molecular flexibility index (Phi) is 7.87. The molecule has 172 valence electrons. The van der Waals surface area contributed by atoms with E-state index in [-0.39, 0.29) is 13.0 Å². The lowest BCUT2D eigenvalue weighted by molar-refractivity contribution is -0.141. The van der Waals surface area contributed by atoms with Crippen molar-refractivity contribution in [2.75, 3.05) is 0 Å². The largest absolute Gasteiger partial charge is 0.481 e. The van der Waals surface area contributed by atoms with Crippen LogP contribution in [0.3, 0.4) is 0 Å². The minimum atomic E-state index is -4.17. The lowest BCUT2D eigenvalue weighted by Gasteiger charge is -2.14. The molecule has 7 heteroatoms. The average Bonchev–Trinajstić information content (AvgIpc) is 2.77. The molecule has 3 rings (SSSR count). The molecule has 0 saturated heterocycles. The molecule has 3 aromatic rings. The summed E-state index contributed by atoms with van der Waals surface area (Å²) in [5.41, 5.74) is 5.26. The normalized spacial score (nSPS) is 11.2. The molecule has 3 aromatic carbocycles. The van der Waals surface area contributed by atoms with Crippen molar-refractivity contribution >= 4 is 11.9 Å². The summed E-state index contributed by atoms with van der Waals surface area (Å²) in [6.45, 7) is 0.173. The lowest BCUT2D eigenvalue weighted by atomic mass is 9.91. The van der Waals surface area contributed by atoms with Crippen LogP contribution in [0.5, 0.6) is 0 Å². The van der Waals surface area contributed by atoms with E-state index in [9.17, 15) is 22.8 Å². The summed E-state index contributed by atoms with van der Waals surface area (Å²) in [5, 5.41) is 11.3. The number of nitrogens with one attached hydrogen (secondary N) is 1. The molecule has 0 spiro atoms. The van der Waals surface area contributed by atoms with Crippen molar-refractivity contribution in [2.24, 2.45) is 0 Å². The van der Waals surface area contributed by atoms with Gasteiger partial charge >= 0.3 is 12.1 Å². The number of amides is 1. The molecule has 2 N–H and O–H groups in total. The first kappa shape index (κ1) is 24.0. The van der Waals surface area contributed by atoms with Crippen molar-refractivity contribution in [2.45, 2.75) is 38.4 Å². The quantitative estimate of drug-likeness (QED) is 0.389. The van der Waals surface area contributed by atoms with Crippen molar-refractivity contribution < 1.29 is 27.9 Å². The second-order valence-corrected chi connectivity index (χ2v) is 7.76. The number of alkyl halides is 3. The Morgan fingerprint density at radius 3 is 2.24 bits per heavy atom. The van der Waals surface area contributed by atoms with Crippen LogP contribution in [0.2, 0.25) is 0 Å². The summed E-state index contributed by atoms with van der Waals surface area (Å²) in [5.74, 6) is -1.78. The number of carbonyl (C=O) groups excluding carboxylic acids is 1. The molecule has 4 nitrogen and oxygen atoms in total. The van der Waals surface area contributed by atoms with Crippen molar-refractivity contribution in [3.8, 4) is 22.3 Å². The Labute approximate surface area is 190 Å². The second kappa shape index (κ2) is 10.8. The second-order valence-electron chi connectivity index (χ2n) is 7.76. The van der Waals surface area contributed by atoms with Gasteiger partial charge in [0.2, 0.25) is 5.91 Å². The van der Waals surface area contributed by atoms with Crippen LogP contribution in [0.4, 0.5) is 13.2 Å². The number of hydrogen-bond acceptors (Lipinski definition) is 2. The molecule has 0 bridgehead atoms. The van der Waals surface area contributed by atoms with Gasteiger partial charge < -0.3 is 10.4 Å². The number of aliphatic carboxylic acids is 1. The van der Waals surface area contributed by atoms with E-state index in [1.807, 2.05) is 72.8 Å². The maximum absolute atomic E-state index is 12.6. The molecule has 0 heterocycles. The monoisotopic (exact) mass is 455 g/mol. The van der Waals surface area contributed by atoms with Gasteiger partial charge in [0.05, 0.1) is 0 Å².